The lowest BCUT2D eigenvalue weighted by Crippen LogP contribution is -2.50. The summed E-state index contributed by atoms with van der Waals surface area (Å²) in [6.45, 7) is 3.28. The summed E-state index contributed by atoms with van der Waals surface area (Å²) in [6.07, 6.45) is 0. The summed E-state index contributed by atoms with van der Waals surface area (Å²) < 4.78 is 18.6. The van der Waals surface area contributed by atoms with Gasteiger partial charge in [0.05, 0.1) is 0 Å². The number of carbonyl (C=O) groups is 2. The van der Waals surface area contributed by atoms with Gasteiger partial charge in [-0.25, -0.2) is 4.39 Å². The summed E-state index contributed by atoms with van der Waals surface area (Å²) in [5, 5.41) is 7.53. The molecule has 1 aromatic heterocycles. The number of rotatable bonds is 2. The molecule has 2 heterocycles. The van der Waals surface area contributed by atoms with Crippen molar-refractivity contribution in [2.24, 2.45) is 0 Å². The smallest absolute Gasteiger partial charge is 0.311 e. The van der Waals surface area contributed by atoms with Gasteiger partial charge in [0.15, 0.2) is 0 Å². The van der Waals surface area contributed by atoms with Gasteiger partial charge >= 0.3 is 11.8 Å². The average Bonchev–Trinajstić information content (AvgIpc) is 3.04. The third-order valence-corrected chi connectivity index (χ3v) is 3.69. The summed E-state index contributed by atoms with van der Waals surface area (Å²) in [7, 11) is 0. The molecule has 0 bridgehead atoms. The highest BCUT2D eigenvalue weighted by Gasteiger charge is 2.27. The number of amides is 2. The minimum Gasteiger partial charge on any atom is -0.412 e. The first-order chi connectivity index (χ1) is 11.0. The minimum absolute atomic E-state index is 0.0109. The lowest BCUT2D eigenvalue weighted by atomic mass is 10.2. The first-order valence-electron chi connectivity index (χ1n) is 7.19. The number of nitrogens with zero attached hydrogens (tertiary/aromatic N) is 4. The van der Waals surface area contributed by atoms with Crippen molar-refractivity contribution in [3.05, 3.63) is 36.0 Å². The van der Waals surface area contributed by atoms with Crippen LogP contribution in [0.2, 0.25) is 0 Å². The second-order valence-corrected chi connectivity index (χ2v) is 5.22. The lowest BCUT2D eigenvalue weighted by Gasteiger charge is -2.33. The molecule has 0 atom stereocenters. The van der Waals surface area contributed by atoms with E-state index in [0.29, 0.717) is 31.7 Å². The number of hydrogen-bond donors (Lipinski definition) is 0. The molecule has 8 heteroatoms. The van der Waals surface area contributed by atoms with Crippen molar-refractivity contribution in [1.82, 2.24) is 20.0 Å². The molecule has 1 saturated heterocycles. The Morgan fingerprint density at radius 1 is 1.13 bits per heavy atom. The predicted molar refractivity (Wildman–Crippen MR) is 77.8 cm³/mol. The molecule has 0 saturated carbocycles. The second kappa shape index (κ2) is 6.15. The van der Waals surface area contributed by atoms with E-state index in [1.165, 1.54) is 25.1 Å². The highest BCUT2D eigenvalue weighted by atomic mass is 19.1. The van der Waals surface area contributed by atoms with E-state index in [1.54, 1.807) is 15.9 Å². The van der Waals surface area contributed by atoms with Crippen LogP contribution >= 0.6 is 0 Å². The monoisotopic (exact) mass is 318 g/mol. The van der Waals surface area contributed by atoms with Crippen LogP contribution in [0.4, 0.5) is 4.39 Å². The normalized spacial score (nSPS) is 14.9. The Labute approximate surface area is 131 Å². The fourth-order valence-corrected chi connectivity index (χ4v) is 2.41. The number of halogens is 1. The van der Waals surface area contributed by atoms with E-state index >= 15 is 0 Å². The quantitative estimate of drug-likeness (QED) is 0.831. The van der Waals surface area contributed by atoms with E-state index in [1.807, 2.05) is 0 Å². The van der Waals surface area contributed by atoms with E-state index in [2.05, 4.69) is 10.2 Å². The maximum Gasteiger partial charge on any atom is 0.311 e. The maximum absolute atomic E-state index is 13.2. The van der Waals surface area contributed by atoms with Gasteiger partial charge in [0.1, 0.15) is 5.82 Å². The first-order valence-corrected chi connectivity index (χ1v) is 7.19. The molecule has 1 aliphatic heterocycles. The standard InChI is InChI=1S/C15H15FN4O3/c1-10(21)19-5-7-20(8-6-19)15(22)14-18-17-13(23-14)11-3-2-4-12(16)9-11/h2-4,9H,5-8H2,1H3. The van der Waals surface area contributed by atoms with Crippen molar-refractivity contribution in [3.63, 3.8) is 0 Å². The summed E-state index contributed by atoms with van der Waals surface area (Å²) in [5.74, 6) is -0.865. The Bertz CT molecular complexity index is 738. The van der Waals surface area contributed by atoms with Gasteiger partial charge in [-0.05, 0) is 18.2 Å². The molecule has 0 unspecified atom stereocenters. The topological polar surface area (TPSA) is 79.5 Å². The molecular formula is C15H15FN4O3. The zero-order valence-corrected chi connectivity index (χ0v) is 12.5. The molecular weight excluding hydrogens is 303 g/mol. The molecule has 23 heavy (non-hydrogen) atoms. The van der Waals surface area contributed by atoms with Gasteiger partial charge in [-0.3, -0.25) is 9.59 Å². The zero-order valence-electron chi connectivity index (χ0n) is 12.5. The predicted octanol–water partition coefficient (Wildman–Crippen LogP) is 1.18. The van der Waals surface area contributed by atoms with Crippen molar-refractivity contribution in [2.45, 2.75) is 6.92 Å². The third kappa shape index (κ3) is 3.20. The van der Waals surface area contributed by atoms with E-state index < -0.39 is 5.82 Å². The fraction of sp³-hybridized carbons (Fsp3) is 0.333. The first kappa shape index (κ1) is 15.1. The van der Waals surface area contributed by atoms with Crippen LogP contribution in [0.1, 0.15) is 17.6 Å². The minimum atomic E-state index is -0.422. The summed E-state index contributed by atoms with van der Waals surface area (Å²) in [4.78, 5) is 26.9. The molecule has 1 fully saturated rings. The number of hydrogen-bond acceptors (Lipinski definition) is 5. The average molecular weight is 318 g/mol. The van der Waals surface area contributed by atoms with Crippen molar-refractivity contribution in [1.29, 1.82) is 0 Å². The van der Waals surface area contributed by atoms with Crippen molar-refractivity contribution < 1.29 is 18.4 Å². The van der Waals surface area contributed by atoms with Gasteiger partial charge in [-0.2, -0.15) is 0 Å². The van der Waals surface area contributed by atoms with E-state index in [4.69, 9.17) is 4.42 Å². The zero-order chi connectivity index (χ0) is 16.4. The Morgan fingerprint density at radius 2 is 1.83 bits per heavy atom. The van der Waals surface area contributed by atoms with Crippen LogP contribution in [-0.4, -0.2) is 58.0 Å². The maximum atomic E-state index is 13.2. The van der Waals surface area contributed by atoms with Gasteiger partial charge in [-0.1, -0.05) is 6.07 Å². The van der Waals surface area contributed by atoms with E-state index in [-0.39, 0.29) is 23.6 Å². The second-order valence-electron chi connectivity index (χ2n) is 5.22. The molecule has 3 rings (SSSR count). The number of benzene rings is 1. The van der Waals surface area contributed by atoms with Gasteiger partial charge in [0.25, 0.3) is 0 Å². The number of piperazine rings is 1. The van der Waals surface area contributed by atoms with Crippen LogP contribution in [0.5, 0.6) is 0 Å². The van der Waals surface area contributed by atoms with Gasteiger partial charge in [0, 0.05) is 38.7 Å². The highest BCUT2D eigenvalue weighted by Crippen LogP contribution is 2.19. The molecule has 2 aromatic rings. The Balaban J connectivity index is 1.71. The van der Waals surface area contributed by atoms with Crippen LogP contribution in [0.3, 0.4) is 0 Å². The summed E-state index contributed by atoms with van der Waals surface area (Å²) in [5.41, 5.74) is 0.415. The van der Waals surface area contributed by atoms with Gasteiger partial charge in [-0.15, -0.1) is 10.2 Å². The van der Waals surface area contributed by atoms with Crippen molar-refractivity contribution >= 4 is 11.8 Å². The molecule has 0 radical (unpaired) electrons. The van der Waals surface area contributed by atoms with Crippen LogP contribution in [0.15, 0.2) is 28.7 Å². The lowest BCUT2D eigenvalue weighted by molar-refractivity contribution is -0.130. The third-order valence-electron chi connectivity index (χ3n) is 3.69. The molecule has 2 amide bonds. The van der Waals surface area contributed by atoms with Crippen LogP contribution in [0, 0.1) is 5.82 Å². The molecule has 0 N–H and O–H groups in total. The van der Waals surface area contributed by atoms with Crippen LogP contribution in [0.25, 0.3) is 11.5 Å². The molecule has 0 aliphatic carbocycles. The van der Waals surface area contributed by atoms with Crippen LogP contribution < -0.4 is 0 Å². The molecule has 0 spiro atoms. The highest BCUT2D eigenvalue weighted by molar-refractivity contribution is 5.90. The largest absolute Gasteiger partial charge is 0.412 e. The Kier molecular flexibility index (Phi) is 4.05. The fourth-order valence-electron chi connectivity index (χ4n) is 2.41. The molecule has 7 nitrogen and oxygen atoms in total. The molecule has 120 valence electrons. The van der Waals surface area contributed by atoms with E-state index in [0.717, 1.165) is 0 Å². The SMILES string of the molecule is CC(=O)N1CCN(C(=O)c2nnc(-c3cccc(F)c3)o2)CC1. The molecule has 1 aliphatic rings. The molecule has 1 aromatic carbocycles. The Morgan fingerprint density at radius 3 is 2.48 bits per heavy atom. The summed E-state index contributed by atoms with van der Waals surface area (Å²) >= 11 is 0. The Hall–Kier alpha value is -2.77. The number of carbonyl (C=O) groups excluding carboxylic acids is 2. The van der Waals surface area contributed by atoms with Gasteiger partial charge < -0.3 is 14.2 Å². The van der Waals surface area contributed by atoms with Gasteiger partial charge in [0.2, 0.25) is 11.8 Å². The van der Waals surface area contributed by atoms with Crippen molar-refractivity contribution in [2.75, 3.05) is 26.2 Å². The van der Waals surface area contributed by atoms with Crippen LogP contribution in [-0.2, 0) is 4.79 Å². The van der Waals surface area contributed by atoms with Crippen molar-refractivity contribution in [3.8, 4) is 11.5 Å². The summed E-state index contributed by atoms with van der Waals surface area (Å²) in [6, 6.07) is 5.71. The number of aromatic nitrogens is 2. The van der Waals surface area contributed by atoms with E-state index in [9.17, 15) is 14.0 Å².